The molecule has 212 valence electrons. The Balaban J connectivity index is 1.81. The molecule has 1 aromatic carbocycles. The second-order valence-corrected chi connectivity index (χ2v) is 10.7. The van der Waals surface area contributed by atoms with E-state index in [1.807, 2.05) is 0 Å². The van der Waals surface area contributed by atoms with Gasteiger partial charge in [0.15, 0.2) is 0 Å². The molecule has 2 aliphatic heterocycles. The summed E-state index contributed by atoms with van der Waals surface area (Å²) >= 11 is 5.98. The molecule has 0 aliphatic carbocycles. The number of hydrogen-bond acceptors (Lipinski definition) is 7. The van der Waals surface area contributed by atoms with Gasteiger partial charge in [-0.15, -0.1) is 13.2 Å². The second-order valence-electron chi connectivity index (χ2n) is 10.2. The third-order valence-corrected chi connectivity index (χ3v) is 6.36. The Morgan fingerprint density at radius 3 is 2.47 bits per heavy atom. The lowest BCUT2D eigenvalue weighted by atomic mass is 9.88. The number of likely N-dealkylation sites (tertiary alicyclic amines) is 2. The number of nitrogens with zero attached hydrogens (tertiary/aromatic N) is 2. The first-order valence-corrected chi connectivity index (χ1v) is 12.8. The van der Waals surface area contributed by atoms with Gasteiger partial charge in [0.2, 0.25) is 5.91 Å². The van der Waals surface area contributed by atoms with Crippen molar-refractivity contribution >= 4 is 35.3 Å². The molecule has 3 atom stereocenters. The molecule has 2 heterocycles. The zero-order valence-corrected chi connectivity index (χ0v) is 22.5. The highest BCUT2D eigenvalue weighted by Crippen LogP contribution is 2.32. The number of halogens is 4. The lowest BCUT2D eigenvalue weighted by molar-refractivity contribution is -0.274. The van der Waals surface area contributed by atoms with E-state index < -0.39 is 47.8 Å². The number of alkyl halides is 3. The minimum absolute atomic E-state index is 0.00276. The summed E-state index contributed by atoms with van der Waals surface area (Å²) in [4.78, 5) is 42.2. The summed E-state index contributed by atoms with van der Waals surface area (Å²) in [5, 5.41) is 2.95. The van der Waals surface area contributed by atoms with Gasteiger partial charge in [0, 0.05) is 36.4 Å². The quantitative estimate of drug-likeness (QED) is 0.495. The van der Waals surface area contributed by atoms with Crippen molar-refractivity contribution in [3.63, 3.8) is 0 Å². The number of amides is 2. The van der Waals surface area contributed by atoms with Crippen molar-refractivity contribution in [2.24, 2.45) is 5.92 Å². The predicted molar refractivity (Wildman–Crippen MR) is 133 cm³/mol. The van der Waals surface area contributed by atoms with Crippen molar-refractivity contribution in [2.75, 3.05) is 31.6 Å². The Morgan fingerprint density at radius 2 is 1.84 bits per heavy atom. The minimum Gasteiger partial charge on any atom is -0.466 e. The van der Waals surface area contributed by atoms with Crippen molar-refractivity contribution in [1.29, 1.82) is 0 Å². The molecule has 3 unspecified atom stereocenters. The molecule has 2 fully saturated rings. The van der Waals surface area contributed by atoms with E-state index in [0.717, 1.165) is 12.1 Å². The molecule has 2 saturated heterocycles. The molecule has 1 aromatic rings. The van der Waals surface area contributed by atoms with Gasteiger partial charge in [-0.3, -0.25) is 9.59 Å². The largest absolute Gasteiger partial charge is 0.573 e. The maximum absolute atomic E-state index is 13.6. The average molecular weight is 564 g/mol. The summed E-state index contributed by atoms with van der Waals surface area (Å²) in [5.74, 6) is -1.96. The highest BCUT2D eigenvalue weighted by molar-refractivity contribution is 6.31. The van der Waals surface area contributed by atoms with E-state index in [0.29, 0.717) is 19.4 Å². The monoisotopic (exact) mass is 563 g/mol. The Bertz CT molecular complexity index is 1030. The molecule has 0 radical (unpaired) electrons. The Morgan fingerprint density at radius 1 is 1.13 bits per heavy atom. The van der Waals surface area contributed by atoms with E-state index in [2.05, 4.69) is 10.1 Å². The number of carbonyl (C=O) groups is 3. The molecule has 38 heavy (non-hydrogen) atoms. The lowest BCUT2D eigenvalue weighted by Gasteiger charge is -2.45. The van der Waals surface area contributed by atoms with Crippen molar-refractivity contribution in [2.45, 2.75) is 71.0 Å². The van der Waals surface area contributed by atoms with Crippen LogP contribution in [0.5, 0.6) is 5.75 Å². The van der Waals surface area contributed by atoms with Crippen molar-refractivity contribution < 1.29 is 41.8 Å². The number of hydrogen-bond donors (Lipinski definition) is 1. The van der Waals surface area contributed by atoms with Crippen molar-refractivity contribution in [3.05, 3.63) is 23.2 Å². The maximum atomic E-state index is 13.6. The highest BCUT2D eigenvalue weighted by Gasteiger charge is 2.44. The van der Waals surface area contributed by atoms with E-state index in [4.69, 9.17) is 21.1 Å². The van der Waals surface area contributed by atoms with Crippen LogP contribution in [0.2, 0.25) is 5.02 Å². The van der Waals surface area contributed by atoms with Crippen LogP contribution < -0.4 is 10.1 Å². The number of anilines is 1. The van der Waals surface area contributed by atoms with Crippen LogP contribution in [-0.2, 0) is 19.1 Å². The van der Waals surface area contributed by atoms with E-state index in [1.165, 1.54) is 11.0 Å². The summed E-state index contributed by atoms with van der Waals surface area (Å²) in [6.07, 6.45) is -4.18. The second kappa shape index (κ2) is 11.9. The van der Waals surface area contributed by atoms with Crippen LogP contribution in [0.25, 0.3) is 0 Å². The Kier molecular flexibility index (Phi) is 9.27. The summed E-state index contributed by atoms with van der Waals surface area (Å²) in [5.41, 5.74) is -0.537. The zero-order valence-electron chi connectivity index (χ0n) is 21.8. The van der Waals surface area contributed by atoms with Gasteiger partial charge in [-0.2, -0.15) is 0 Å². The molecule has 2 aliphatic rings. The van der Waals surface area contributed by atoms with Crippen LogP contribution in [0, 0.1) is 5.92 Å². The van der Waals surface area contributed by atoms with Crippen LogP contribution in [0.15, 0.2) is 18.2 Å². The SMILES string of the molecule is CCOC(=O)C1CCN(C(=O)OC(C)(C)C)CC1N1CCCC(Nc2cc(Cl)cc(OC(F)(F)F)c2)C1=O. The van der Waals surface area contributed by atoms with Crippen LogP contribution in [0.4, 0.5) is 23.7 Å². The van der Waals surface area contributed by atoms with Crippen molar-refractivity contribution in [1.82, 2.24) is 9.80 Å². The summed E-state index contributed by atoms with van der Waals surface area (Å²) in [6, 6.07) is 2.07. The van der Waals surface area contributed by atoms with E-state index in [9.17, 15) is 27.6 Å². The molecule has 3 rings (SSSR count). The maximum Gasteiger partial charge on any atom is 0.573 e. The molecule has 13 heteroatoms. The molecule has 0 saturated carbocycles. The molecular formula is C25H33ClF3N3O6. The number of benzene rings is 1. The fourth-order valence-electron chi connectivity index (χ4n) is 4.67. The normalized spacial score (nSPS) is 22.6. The first kappa shape index (κ1) is 29.7. The summed E-state index contributed by atoms with van der Waals surface area (Å²) in [7, 11) is 0. The van der Waals surface area contributed by atoms with Gasteiger partial charge in [-0.05, 0) is 59.1 Å². The van der Waals surface area contributed by atoms with E-state index >= 15 is 0 Å². The predicted octanol–water partition coefficient (Wildman–Crippen LogP) is 4.83. The molecule has 0 bridgehead atoms. The lowest BCUT2D eigenvalue weighted by Crippen LogP contribution is -2.61. The third-order valence-electron chi connectivity index (χ3n) is 6.14. The van der Waals surface area contributed by atoms with E-state index in [-0.39, 0.29) is 42.7 Å². The number of nitrogens with one attached hydrogen (secondary N) is 1. The molecular weight excluding hydrogens is 531 g/mol. The smallest absolute Gasteiger partial charge is 0.466 e. The van der Waals surface area contributed by atoms with Crippen LogP contribution >= 0.6 is 11.6 Å². The fraction of sp³-hybridized carbons (Fsp3) is 0.640. The summed E-state index contributed by atoms with van der Waals surface area (Å²) in [6.45, 7) is 7.81. The van der Waals surface area contributed by atoms with Gasteiger partial charge in [0.1, 0.15) is 17.4 Å². The molecule has 0 aromatic heterocycles. The highest BCUT2D eigenvalue weighted by atomic mass is 35.5. The van der Waals surface area contributed by atoms with Crippen LogP contribution in [0.1, 0.15) is 47.0 Å². The van der Waals surface area contributed by atoms with Gasteiger partial charge in [-0.25, -0.2) is 4.79 Å². The number of piperidine rings is 2. The molecule has 2 amide bonds. The van der Waals surface area contributed by atoms with Gasteiger partial charge >= 0.3 is 18.4 Å². The van der Waals surface area contributed by atoms with Gasteiger partial charge in [0.25, 0.3) is 0 Å². The first-order valence-electron chi connectivity index (χ1n) is 12.4. The topological polar surface area (TPSA) is 97.4 Å². The number of esters is 1. The zero-order chi connectivity index (χ0) is 28.3. The fourth-order valence-corrected chi connectivity index (χ4v) is 4.89. The molecule has 9 nitrogen and oxygen atoms in total. The molecule has 0 spiro atoms. The van der Waals surface area contributed by atoms with E-state index in [1.54, 1.807) is 32.6 Å². The Labute approximate surface area is 224 Å². The number of ether oxygens (including phenoxy) is 3. The van der Waals surface area contributed by atoms with Crippen LogP contribution in [-0.4, -0.2) is 78.1 Å². The third kappa shape index (κ3) is 8.05. The molecule has 1 N–H and O–H groups in total. The van der Waals surface area contributed by atoms with Gasteiger partial charge in [-0.1, -0.05) is 11.6 Å². The summed E-state index contributed by atoms with van der Waals surface area (Å²) < 4.78 is 52.8. The van der Waals surface area contributed by atoms with Gasteiger partial charge in [0.05, 0.1) is 18.6 Å². The van der Waals surface area contributed by atoms with Crippen molar-refractivity contribution in [3.8, 4) is 5.75 Å². The number of carbonyl (C=O) groups excluding carboxylic acids is 3. The average Bonchev–Trinajstić information content (AvgIpc) is 2.77. The van der Waals surface area contributed by atoms with Gasteiger partial charge < -0.3 is 29.3 Å². The van der Waals surface area contributed by atoms with Crippen LogP contribution in [0.3, 0.4) is 0 Å². The first-order chi connectivity index (χ1) is 17.7. The standard InChI is InChI=1S/C25H33ClF3N3O6/c1-5-36-22(34)18-8-10-31(23(35)38-24(2,3)4)14-20(18)32-9-6-7-19(21(32)33)30-16-11-15(26)12-17(13-16)37-25(27,28)29/h11-13,18-20,30H,5-10,14H2,1-4H3. The Hall–Kier alpha value is -2.89. The minimum atomic E-state index is -4.90. The number of rotatable bonds is 6.